The summed E-state index contributed by atoms with van der Waals surface area (Å²) in [4.78, 5) is 1.09. The minimum Gasteiger partial charge on any atom is -0.316 e. The van der Waals surface area contributed by atoms with Gasteiger partial charge in [0.1, 0.15) is 5.82 Å². The lowest BCUT2D eigenvalue weighted by Crippen LogP contribution is -2.30. The summed E-state index contributed by atoms with van der Waals surface area (Å²) in [6, 6.07) is 9.45. The van der Waals surface area contributed by atoms with E-state index in [-0.39, 0.29) is 5.82 Å². The van der Waals surface area contributed by atoms with Gasteiger partial charge in [0.05, 0.1) is 5.69 Å². The molecule has 2 rings (SSSR count). The van der Waals surface area contributed by atoms with Crippen LogP contribution in [0.25, 0.3) is 0 Å². The Kier molecular flexibility index (Phi) is 5.82. The van der Waals surface area contributed by atoms with Gasteiger partial charge in [-0.3, -0.25) is 4.68 Å². The van der Waals surface area contributed by atoms with Gasteiger partial charge in [-0.25, -0.2) is 4.39 Å². The van der Waals surface area contributed by atoms with Crippen molar-refractivity contribution in [1.82, 2.24) is 15.1 Å². The van der Waals surface area contributed by atoms with E-state index in [9.17, 15) is 4.39 Å². The minimum absolute atomic E-state index is 0.191. The summed E-state index contributed by atoms with van der Waals surface area (Å²) >= 11 is 1.73. The molecule has 0 fully saturated rings. The summed E-state index contributed by atoms with van der Waals surface area (Å²) in [5.41, 5.74) is 1.10. The van der Waals surface area contributed by atoms with Gasteiger partial charge in [-0.1, -0.05) is 0 Å². The Bertz CT molecular complexity index is 551. The maximum atomic E-state index is 12.9. The van der Waals surface area contributed by atoms with Crippen LogP contribution < -0.4 is 5.32 Å². The van der Waals surface area contributed by atoms with E-state index < -0.39 is 0 Å². The highest BCUT2D eigenvalue weighted by molar-refractivity contribution is 7.99. The summed E-state index contributed by atoms with van der Waals surface area (Å²) in [6.45, 7) is 4.24. The summed E-state index contributed by atoms with van der Waals surface area (Å²) in [5, 5.41) is 7.91. The predicted octanol–water partition coefficient (Wildman–Crippen LogP) is 3.53. The Balaban J connectivity index is 1.88. The van der Waals surface area contributed by atoms with Crippen molar-refractivity contribution in [2.75, 3.05) is 12.8 Å². The van der Waals surface area contributed by atoms with Gasteiger partial charge in [-0.2, -0.15) is 5.10 Å². The van der Waals surface area contributed by atoms with Crippen molar-refractivity contribution in [2.24, 2.45) is 0 Å². The molecule has 1 N–H and O–H groups in total. The van der Waals surface area contributed by atoms with Crippen LogP contribution in [-0.4, -0.2) is 28.6 Å². The first-order chi connectivity index (χ1) is 10.1. The van der Waals surface area contributed by atoms with Crippen LogP contribution in [0.2, 0.25) is 0 Å². The molecule has 1 aromatic heterocycles. The van der Waals surface area contributed by atoms with Crippen molar-refractivity contribution in [3.8, 4) is 0 Å². The number of hydrogen-bond acceptors (Lipinski definition) is 3. The number of nitrogens with one attached hydrogen (secondary N) is 1. The Morgan fingerprint density at radius 2 is 1.95 bits per heavy atom. The predicted molar refractivity (Wildman–Crippen MR) is 86.3 cm³/mol. The second-order valence-electron chi connectivity index (χ2n) is 5.34. The zero-order valence-corrected chi connectivity index (χ0v) is 13.5. The van der Waals surface area contributed by atoms with E-state index in [2.05, 4.69) is 30.3 Å². The van der Waals surface area contributed by atoms with Crippen LogP contribution in [0.5, 0.6) is 0 Å². The van der Waals surface area contributed by atoms with Gasteiger partial charge in [0, 0.05) is 35.3 Å². The SMILES string of the molecule is CNC(CSc1ccc(F)cc1)Cc1ccn(C(C)C)n1. The maximum Gasteiger partial charge on any atom is 0.123 e. The molecule has 0 saturated heterocycles. The standard InChI is InChI=1S/C16H22FN3S/c1-12(2)20-9-8-14(19-20)10-15(18-3)11-21-16-6-4-13(17)5-7-16/h4-9,12,15,18H,10-11H2,1-3H3. The molecule has 1 aromatic carbocycles. The fourth-order valence-corrected chi connectivity index (χ4v) is 3.00. The largest absolute Gasteiger partial charge is 0.316 e. The lowest BCUT2D eigenvalue weighted by molar-refractivity contribution is 0.518. The van der Waals surface area contributed by atoms with Crippen molar-refractivity contribution >= 4 is 11.8 Å². The molecule has 21 heavy (non-hydrogen) atoms. The molecule has 2 aromatic rings. The molecule has 114 valence electrons. The Morgan fingerprint density at radius 1 is 1.24 bits per heavy atom. The lowest BCUT2D eigenvalue weighted by Gasteiger charge is -2.14. The number of thioether (sulfide) groups is 1. The van der Waals surface area contributed by atoms with Crippen LogP contribution in [0, 0.1) is 5.82 Å². The molecule has 1 heterocycles. The van der Waals surface area contributed by atoms with Gasteiger partial charge in [0.15, 0.2) is 0 Å². The highest BCUT2D eigenvalue weighted by Gasteiger charge is 2.11. The number of hydrogen-bond donors (Lipinski definition) is 1. The second-order valence-corrected chi connectivity index (χ2v) is 6.43. The van der Waals surface area contributed by atoms with Gasteiger partial charge in [-0.15, -0.1) is 11.8 Å². The first-order valence-corrected chi connectivity index (χ1v) is 8.16. The van der Waals surface area contributed by atoms with Gasteiger partial charge < -0.3 is 5.32 Å². The van der Waals surface area contributed by atoms with E-state index in [1.54, 1.807) is 11.8 Å². The smallest absolute Gasteiger partial charge is 0.123 e. The number of likely N-dealkylation sites (N-methyl/N-ethyl adjacent to an activating group) is 1. The highest BCUT2D eigenvalue weighted by Crippen LogP contribution is 2.20. The van der Waals surface area contributed by atoms with E-state index in [1.165, 1.54) is 12.1 Å². The second kappa shape index (κ2) is 7.61. The first-order valence-electron chi connectivity index (χ1n) is 7.18. The normalized spacial score (nSPS) is 12.8. The number of benzene rings is 1. The van der Waals surface area contributed by atoms with E-state index in [0.717, 1.165) is 22.8 Å². The maximum absolute atomic E-state index is 12.9. The van der Waals surface area contributed by atoms with Gasteiger partial charge in [0.25, 0.3) is 0 Å². The fraction of sp³-hybridized carbons (Fsp3) is 0.438. The molecule has 0 saturated carbocycles. The van der Waals surface area contributed by atoms with E-state index in [1.807, 2.05) is 30.1 Å². The molecule has 0 amide bonds. The van der Waals surface area contributed by atoms with Crippen LogP contribution >= 0.6 is 11.8 Å². The number of aromatic nitrogens is 2. The van der Waals surface area contributed by atoms with Gasteiger partial charge in [-0.05, 0) is 51.2 Å². The van der Waals surface area contributed by atoms with Crippen LogP contribution in [-0.2, 0) is 6.42 Å². The molecule has 1 atom stereocenters. The van der Waals surface area contributed by atoms with Crippen molar-refractivity contribution in [1.29, 1.82) is 0 Å². The molecule has 1 unspecified atom stereocenters. The van der Waals surface area contributed by atoms with Gasteiger partial charge in [0.2, 0.25) is 0 Å². The number of halogens is 1. The van der Waals surface area contributed by atoms with E-state index >= 15 is 0 Å². The molecule has 0 aliphatic carbocycles. The first kappa shape index (κ1) is 16.0. The average molecular weight is 307 g/mol. The van der Waals surface area contributed by atoms with Crippen molar-refractivity contribution in [3.63, 3.8) is 0 Å². The fourth-order valence-electron chi connectivity index (χ4n) is 2.00. The number of nitrogens with zero attached hydrogens (tertiary/aromatic N) is 2. The lowest BCUT2D eigenvalue weighted by atomic mass is 10.2. The molecule has 0 radical (unpaired) electrons. The highest BCUT2D eigenvalue weighted by atomic mass is 32.2. The number of rotatable bonds is 7. The van der Waals surface area contributed by atoms with Crippen LogP contribution in [0.4, 0.5) is 4.39 Å². The van der Waals surface area contributed by atoms with Gasteiger partial charge >= 0.3 is 0 Å². The Morgan fingerprint density at radius 3 is 2.52 bits per heavy atom. The van der Waals surface area contributed by atoms with E-state index in [0.29, 0.717) is 12.1 Å². The molecular formula is C16H22FN3S. The summed E-state index contributed by atoms with van der Waals surface area (Å²) in [5.74, 6) is 0.736. The van der Waals surface area contributed by atoms with E-state index in [4.69, 9.17) is 0 Å². The van der Waals surface area contributed by atoms with Crippen LogP contribution in [0.15, 0.2) is 41.4 Å². The Labute approximate surface area is 129 Å². The van der Waals surface area contributed by atoms with Crippen molar-refractivity contribution in [2.45, 2.75) is 37.2 Å². The molecule has 0 aliphatic rings. The van der Waals surface area contributed by atoms with Crippen molar-refractivity contribution in [3.05, 3.63) is 48.0 Å². The Hall–Kier alpha value is -1.33. The summed E-state index contributed by atoms with van der Waals surface area (Å²) in [6.07, 6.45) is 2.92. The summed E-state index contributed by atoms with van der Waals surface area (Å²) < 4.78 is 14.9. The average Bonchev–Trinajstić information content (AvgIpc) is 2.94. The zero-order chi connectivity index (χ0) is 15.2. The quantitative estimate of drug-likeness (QED) is 0.794. The molecule has 3 nitrogen and oxygen atoms in total. The van der Waals surface area contributed by atoms with Crippen LogP contribution in [0.3, 0.4) is 0 Å². The summed E-state index contributed by atoms with van der Waals surface area (Å²) in [7, 11) is 1.97. The molecule has 0 aliphatic heterocycles. The van der Waals surface area contributed by atoms with Crippen molar-refractivity contribution < 1.29 is 4.39 Å². The third-order valence-electron chi connectivity index (χ3n) is 3.32. The molecule has 0 spiro atoms. The molecule has 5 heteroatoms. The van der Waals surface area contributed by atoms with Crippen LogP contribution in [0.1, 0.15) is 25.6 Å². The molecule has 0 bridgehead atoms. The monoisotopic (exact) mass is 307 g/mol. The zero-order valence-electron chi connectivity index (χ0n) is 12.7. The minimum atomic E-state index is -0.191. The third kappa shape index (κ3) is 4.86. The topological polar surface area (TPSA) is 29.9 Å². The third-order valence-corrected chi connectivity index (χ3v) is 4.50. The molecular weight excluding hydrogens is 285 g/mol.